The zero-order valence-corrected chi connectivity index (χ0v) is 8.58. The molecule has 0 aliphatic carbocycles. The van der Waals surface area contributed by atoms with Crippen LogP contribution in [0.2, 0.25) is 0 Å². The van der Waals surface area contributed by atoms with E-state index in [9.17, 15) is 22.8 Å². The van der Waals surface area contributed by atoms with E-state index in [0.717, 1.165) is 18.2 Å². The summed E-state index contributed by atoms with van der Waals surface area (Å²) in [6.45, 7) is 0. The van der Waals surface area contributed by atoms with Gasteiger partial charge in [-0.3, -0.25) is 0 Å². The van der Waals surface area contributed by atoms with Crippen LogP contribution in [0.4, 0.5) is 13.2 Å². The van der Waals surface area contributed by atoms with E-state index >= 15 is 0 Å². The van der Waals surface area contributed by atoms with E-state index < -0.39 is 40.0 Å². The number of carboxylic acids is 1. The van der Waals surface area contributed by atoms with Gasteiger partial charge in [0.05, 0.1) is 11.1 Å². The first-order valence-corrected chi connectivity index (χ1v) is 4.64. The van der Waals surface area contributed by atoms with Gasteiger partial charge < -0.3 is 10.1 Å². The molecule has 0 aliphatic rings. The second-order valence-electron chi connectivity index (χ2n) is 3.42. The van der Waals surface area contributed by atoms with Gasteiger partial charge in [-0.25, -0.2) is 9.59 Å². The Morgan fingerprint density at radius 2 is 2.00 bits per heavy atom. The molecule has 94 valence electrons. The SMILES string of the molecule is O=C(O)c1cccc2c(C(F)(F)F)[nH]c(=O)nc12. The number of alkyl halides is 3. The molecule has 0 amide bonds. The molecular formula is C10H5F3N2O3. The summed E-state index contributed by atoms with van der Waals surface area (Å²) in [5.41, 5.74) is -3.49. The Balaban J connectivity index is 2.96. The molecule has 1 aromatic carbocycles. The maximum absolute atomic E-state index is 12.7. The van der Waals surface area contributed by atoms with E-state index in [1.165, 1.54) is 0 Å². The Bertz CT molecular complexity index is 691. The van der Waals surface area contributed by atoms with Crippen LogP contribution in [0.15, 0.2) is 23.0 Å². The maximum atomic E-state index is 12.7. The van der Waals surface area contributed by atoms with E-state index in [0.29, 0.717) is 0 Å². The Hall–Kier alpha value is -2.38. The van der Waals surface area contributed by atoms with Crippen molar-refractivity contribution in [2.75, 3.05) is 0 Å². The Morgan fingerprint density at radius 1 is 1.33 bits per heavy atom. The molecule has 18 heavy (non-hydrogen) atoms. The van der Waals surface area contributed by atoms with Crippen LogP contribution in [0, 0.1) is 0 Å². The van der Waals surface area contributed by atoms with E-state index in [-0.39, 0.29) is 0 Å². The second kappa shape index (κ2) is 3.83. The van der Waals surface area contributed by atoms with Gasteiger partial charge in [-0.15, -0.1) is 0 Å². The van der Waals surface area contributed by atoms with Crippen molar-refractivity contribution in [3.63, 3.8) is 0 Å². The molecule has 0 spiro atoms. The third kappa shape index (κ3) is 1.92. The molecule has 0 bridgehead atoms. The first-order chi connectivity index (χ1) is 8.30. The van der Waals surface area contributed by atoms with Gasteiger partial charge in [-0.05, 0) is 6.07 Å². The van der Waals surface area contributed by atoms with Gasteiger partial charge in [0, 0.05) is 5.39 Å². The lowest BCUT2D eigenvalue weighted by atomic mass is 10.1. The van der Waals surface area contributed by atoms with Gasteiger partial charge in [0.2, 0.25) is 0 Å². The molecule has 0 saturated carbocycles. The van der Waals surface area contributed by atoms with Gasteiger partial charge >= 0.3 is 17.8 Å². The molecule has 0 aliphatic heterocycles. The predicted octanol–water partition coefficient (Wildman–Crippen LogP) is 1.64. The van der Waals surface area contributed by atoms with E-state index in [1.54, 1.807) is 4.98 Å². The smallest absolute Gasteiger partial charge is 0.432 e. The maximum Gasteiger partial charge on any atom is 0.432 e. The van der Waals surface area contributed by atoms with Crippen LogP contribution in [-0.4, -0.2) is 21.0 Å². The van der Waals surface area contributed by atoms with Crippen molar-refractivity contribution >= 4 is 16.9 Å². The number of carbonyl (C=O) groups is 1. The zero-order valence-electron chi connectivity index (χ0n) is 8.58. The number of nitrogens with zero attached hydrogens (tertiary/aromatic N) is 1. The molecule has 1 heterocycles. The monoisotopic (exact) mass is 258 g/mol. The van der Waals surface area contributed by atoms with Gasteiger partial charge in [0.1, 0.15) is 5.69 Å². The van der Waals surface area contributed by atoms with Crippen molar-refractivity contribution in [1.29, 1.82) is 0 Å². The number of fused-ring (bicyclic) bond motifs is 1. The van der Waals surface area contributed by atoms with E-state index in [1.807, 2.05) is 0 Å². The minimum Gasteiger partial charge on any atom is -0.478 e. The third-order valence-corrected chi connectivity index (χ3v) is 2.26. The molecule has 0 atom stereocenters. The topological polar surface area (TPSA) is 83.0 Å². The molecule has 0 saturated heterocycles. The van der Waals surface area contributed by atoms with Crippen LogP contribution in [0.25, 0.3) is 10.9 Å². The highest BCUT2D eigenvalue weighted by molar-refractivity contribution is 6.02. The lowest BCUT2D eigenvalue weighted by Crippen LogP contribution is -2.20. The number of halogens is 3. The third-order valence-electron chi connectivity index (χ3n) is 2.26. The van der Waals surface area contributed by atoms with Crippen molar-refractivity contribution < 1.29 is 23.1 Å². The minimum absolute atomic E-state index is 0.455. The summed E-state index contributed by atoms with van der Waals surface area (Å²) in [6, 6.07) is 3.28. The summed E-state index contributed by atoms with van der Waals surface area (Å²) >= 11 is 0. The number of hydrogen-bond acceptors (Lipinski definition) is 3. The lowest BCUT2D eigenvalue weighted by Gasteiger charge is -2.09. The van der Waals surface area contributed by atoms with Crippen molar-refractivity contribution in [2.45, 2.75) is 6.18 Å². The number of aromatic nitrogens is 2. The summed E-state index contributed by atoms with van der Waals surface area (Å²) in [5.74, 6) is -1.45. The predicted molar refractivity (Wildman–Crippen MR) is 54.3 cm³/mol. The second-order valence-corrected chi connectivity index (χ2v) is 3.42. The summed E-state index contributed by atoms with van der Waals surface area (Å²) in [6.07, 6.45) is -4.79. The molecule has 2 N–H and O–H groups in total. The number of carboxylic acid groups (broad SMARTS) is 1. The number of aromatic amines is 1. The molecule has 5 nitrogen and oxygen atoms in total. The number of benzene rings is 1. The molecule has 0 unspecified atom stereocenters. The summed E-state index contributed by atoms with van der Waals surface area (Å²) in [4.78, 5) is 26.8. The highest BCUT2D eigenvalue weighted by Gasteiger charge is 2.35. The average molecular weight is 258 g/mol. The number of nitrogens with one attached hydrogen (secondary N) is 1. The molecule has 0 fully saturated rings. The highest BCUT2D eigenvalue weighted by Crippen LogP contribution is 2.32. The molecule has 2 aromatic rings. The summed E-state index contributed by atoms with van der Waals surface area (Å²) < 4.78 is 38.1. The molecule has 0 radical (unpaired) electrons. The van der Waals surface area contributed by atoms with Gasteiger partial charge in [-0.2, -0.15) is 18.2 Å². The fourth-order valence-corrected chi connectivity index (χ4v) is 1.57. The summed E-state index contributed by atoms with van der Waals surface area (Å²) in [5, 5.41) is 8.38. The average Bonchev–Trinajstić information content (AvgIpc) is 2.25. The Kier molecular flexibility index (Phi) is 2.57. The number of hydrogen-bond donors (Lipinski definition) is 2. The van der Waals surface area contributed by atoms with Crippen molar-refractivity contribution in [3.05, 3.63) is 39.9 Å². The molecule has 2 rings (SSSR count). The van der Waals surface area contributed by atoms with Crippen LogP contribution in [0.3, 0.4) is 0 Å². The fourth-order valence-electron chi connectivity index (χ4n) is 1.57. The number of para-hydroxylation sites is 1. The van der Waals surface area contributed by atoms with E-state index in [4.69, 9.17) is 5.11 Å². The van der Waals surface area contributed by atoms with Crippen LogP contribution >= 0.6 is 0 Å². The lowest BCUT2D eigenvalue weighted by molar-refractivity contribution is -0.140. The number of H-pyrrole nitrogens is 1. The minimum atomic E-state index is -4.79. The van der Waals surface area contributed by atoms with Crippen LogP contribution in [0.1, 0.15) is 16.1 Å². The van der Waals surface area contributed by atoms with Gasteiger partial charge in [-0.1, -0.05) is 12.1 Å². The number of rotatable bonds is 1. The van der Waals surface area contributed by atoms with E-state index in [2.05, 4.69) is 4.98 Å². The Morgan fingerprint density at radius 3 is 2.56 bits per heavy atom. The largest absolute Gasteiger partial charge is 0.478 e. The van der Waals surface area contributed by atoms with Crippen molar-refractivity contribution in [3.8, 4) is 0 Å². The first-order valence-electron chi connectivity index (χ1n) is 4.64. The summed E-state index contributed by atoms with van der Waals surface area (Å²) in [7, 11) is 0. The van der Waals surface area contributed by atoms with Crippen LogP contribution < -0.4 is 5.69 Å². The highest BCUT2D eigenvalue weighted by atomic mass is 19.4. The van der Waals surface area contributed by atoms with Crippen molar-refractivity contribution in [2.24, 2.45) is 0 Å². The standard InChI is InChI=1S/C10H5F3N2O3/c11-10(12,13)7-4-2-1-3-5(8(16)17)6(4)14-9(18)15-7/h1-3H,(H,16,17)(H,14,15,18). The molecule has 1 aromatic heterocycles. The van der Waals surface area contributed by atoms with Gasteiger partial charge in [0.25, 0.3) is 0 Å². The quantitative estimate of drug-likeness (QED) is 0.814. The normalized spacial score (nSPS) is 11.7. The van der Waals surface area contributed by atoms with Crippen molar-refractivity contribution in [1.82, 2.24) is 9.97 Å². The van der Waals surface area contributed by atoms with Crippen LogP contribution in [-0.2, 0) is 6.18 Å². The molecular weight excluding hydrogens is 253 g/mol. The number of aromatic carboxylic acids is 1. The zero-order chi connectivity index (χ0) is 13.5. The van der Waals surface area contributed by atoms with Gasteiger partial charge in [0.15, 0.2) is 0 Å². The van der Waals surface area contributed by atoms with Crippen LogP contribution in [0.5, 0.6) is 0 Å². The Labute approximate surface area is 96.9 Å². The fraction of sp³-hybridized carbons (Fsp3) is 0.100. The molecule has 8 heteroatoms. The first kappa shape index (κ1) is 12.1.